The number of hydrogen-bond acceptors (Lipinski definition) is 8. The average molecular weight is 448 g/mol. The molecule has 1 aromatic carbocycles. The van der Waals surface area contributed by atoms with Gasteiger partial charge in [0.1, 0.15) is 11.4 Å². The van der Waals surface area contributed by atoms with Gasteiger partial charge in [-0.1, -0.05) is 12.1 Å². The normalized spacial score (nSPS) is 12.1. The third kappa shape index (κ3) is 5.91. The first-order valence-electron chi connectivity index (χ1n) is 9.37. The molecule has 3 rings (SSSR count). The molecule has 164 valence electrons. The third-order valence-electron chi connectivity index (χ3n) is 4.00. The summed E-state index contributed by atoms with van der Waals surface area (Å²) in [5.41, 5.74) is 0.192. The van der Waals surface area contributed by atoms with Gasteiger partial charge in [0.15, 0.2) is 15.7 Å². The van der Waals surface area contributed by atoms with Crippen molar-refractivity contribution in [2.45, 2.75) is 37.6 Å². The third-order valence-corrected chi connectivity index (χ3v) is 5.11. The fraction of sp³-hybridized carbons (Fsp3) is 0.300. The first kappa shape index (κ1) is 22.5. The van der Waals surface area contributed by atoms with Crippen molar-refractivity contribution in [2.75, 3.05) is 16.9 Å². The Labute approximate surface area is 179 Å². The Bertz CT molecular complexity index is 1200. The van der Waals surface area contributed by atoms with Crippen LogP contribution in [0.5, 0.6) is 0 Å². The average Bonchev–Trinajstić information content (AvgIpc) is 2.66. The van der Waals surface area contributed by atoms with Crippen molar-refractivity contribution in [3.63, 3.8) is 0 Å². The lowest BCUT2D eigenvalue weighted by Crippen LogP contribution is -2.15. The Hall–Kier alpha value is -3.21. The smallest absolute Gasteiger partial charge is 0.286 e. The van der Waals surface area contributed by atoms with Gasteiger partial charge in [0.25, 0.3) is 5.92 Å². The van der Waals surface area contributed by atoms with Gasteiger partial charge >= 0.3 is 0 Å². The zero-order valence-corrected chi connectivity index (χ0v) is 18.2. The fourth-order valence-corrected chi connectivity index (χ4v) is 3.27. The maximum atomic E-state index is 13.7. The van der Waals surface area contributed by atoms with Gasteiger partial charge in [-0.25, -0.2) is 13.4 Å². The van der Waals surface area contributed by atoms with Crippen molar-refractivity contribution in [3.05, 3.63) is 48.2 Å². The number of anilines is 3. The maximum absolute atomic E-state index is 13.7. The van der Waals surface area contributed by atoms with E-state index in [1.165, 1.54) is 30.3 Å². The summed E-state index contributed by atoms with van der Waals surface area (Å²) in [5, 5.41) is 5.99. The molecule has 31 heavy (non-hydrogen) atoms. The van der Waals surface area contributed by atoms with E-state index in [-0.39, 0.29) is 34.4 Å². The van der Waals surface area contributed by atoms with Gasteiger partial charge in [0.2, 0.25) is 11.9 Å². The monoisotopic (exact) mass is 448 g/mol. The number of nitrogens with zero attached hydrogens (tertiary/aromatic N) is 4. The summed E-state index contributed by atoms with van der Waals surface area (Å²) in [6.07, 6.45) is 1.11. The predicted molar refractivity (Wildman–Crippen MR) is 114 cm³/mol. The van der Waals surface area contributed by atoms with Gasteiger partial charge in [0.05, 0.1) is 4.90 Å². The topological polar surface area (TPSA) is 110 Å². The van der Waals surface area contributed by atoms with E-state index in [0.717, 1.165) is 13.2 Å². The van der Waals surface area contributed by atoms with Crippen molar-refractivity contribution in [2.24, 2.45) is 0 Å². The molecule has 2 N–H and O–H groups in total. The lowest BCUT2D eigenvalue weighted by Gasteiger charge is -2.13. The van der Waals surface area contributed by atoms with Crippen molar-refractivity contribution in [3.8, 4) is 11.5 Å². The second-order valence-corrected chi connectivity index (χ2v) is 9.34. The van der Waals surface area contributed by atoms with Gasteiger partial charge < -0.3 is 10.6 Å². The molecule has 0 amide bonds. The minimum absolute atomic E-state index is 0.00377. The summed E-state index contributed by atoms with van der Waals surface area (Å²) in [6, 6.07) is 10.4. The standard InChI is InChI=1S/C20H22F2N6O2S/c1-12(2)23-18-26-17(15-9-6-10-16(25-15)20(3,21)22)27-19(28-18)24-13-7-5-8-14(11-13)31(4,29)30/h5-12H,1-4H3,(H2,23,24,26,27,28). The first-order chi connectivity index (χ1) is 14.4. The highest BCUT2D eigenvalue weighted by Gasteiger charge is 2.26. The summed E-state index contributed by atoms with van der Waals surface area (Å²) < 4.78 is 51.1. The van der Waals surface area contributed by atoms with Gasteiger partial charge in [-0.2, -0.15) is 23.7 Å². The van der Waals surface area contributed by atoms with Crippen molar-refractivity contribution < 1.29 is 17.2 Å². The Morgan fingerprint density at radius 3 is 2.29 bits per heavy atom. The van der Waals surface area contributed by atoms with Gasteiger partial charge in [-0.15, -0.1) is 0 Å². The second-order valence-electron chi connectivity index (χ2n) is 7.33. The number of hydrogen-bond donors (Lipinski definition) is 2. The van der Waals surface area contributed by atoms with E-state index < -0.39 is 21.5 Å². The van der Waals surface area contributed by atoms with E-state index in [1.807, 2.05) is 13.8 Å². The number of sulfone groups is 1. The van der Waals surface area contributed by atoms with Gasteiger partial charge in [0, 0.05) is 24.9 Å². The van der Waals surface area contributed by atoms with Crippen LogP contribution in [0.3, 0.4) is 0 Å². The predicted octanol–water partition coefficient (Wildman–Crippen LogP) is 4.01. The minimum Gasteiger partial charge on any atom is -0.352 e. The number of halogens is 2. The van der Waals surface area contributed by atoms with Gasteiger partial charge in [-0.3, -0.25) is 0 Å². The van der Waals surface area contributed by atoms with E-state index in [9.17, 15) is 17.2 Å². The van der Waals surface area contributed by atoms with Crippen LogP contribution >= 0.6 is 0 Å². The van der Waals surface area contributed by atoms with E-state index in [1.54, 1.807) is 12.1 Å². The molecule has 0 aliphatic rings. The summed E-state index contributed by atoms with van der Waals surface area (Å²) in [7, 11) is -3.40. The first-order valence-corrected chi connectivity index (χ1v) is 11.3. The SMILES string of the molecule is CC(C)Nc1nc(Nc2cccc(S(C)(=O)=O)c2)nc(-c2cccc(C(C)(F)F)n2)n1. The van der Waals surface area contributed by atoms with E-state index in [2.05, 4.69) is 30.6 Å². The zero-order chi connectivity index (χ0) is 22.8. The molecule has 2 heterocycles. The number of nitrogens with one attached hydrogen (secondary N) is 2. The van der Waals surface area contributed by atoms with Crippen LogP contribution in [0.1, 0.15) is 26.5 Å². The van der Waals surface area contributed by atoms with Crippen LogP contribution in [0, 0.1) is 0 Å². The molecule has 11 heteroatoms. The molecule has 8 nitrogen and oxygen atoms in total. The highest BCUT2D eigenvalue weighted by atomic mass is 32.2. The molecule has 3 aromatic rings. The Balaban J connectivity index is 2.04. The summed E-state index contributed by atoms with van der Waals surface area (Å²) in [4.78, 5) is 17.0. The molecule has 0 atom stereocenters. The molecule has 0 saturated heterocycles. The van der Waals surface area contributed by atoms with Crippen molar-refractivity contribution in [1.82, 2.24) is 19.9 Å². The lowest BCUT2D eigenvalue weighted by atomic mass is 10.2. The molecule has 0 fully saturated rings. The number of benzene rings is 1. The molecular formula is C20H22F2N6O2S. The van der Waals surface area contributed by atoms with Crippen LogP contribution in [0.25, 0.3) is 11.5 Å². The number of alkyl halides is 2. The van der Waals surface area contributed by atoms with E-state index in [0.29, 0.717) is 5.69 Å². The minimum atomic E-state index is -3.40. The molecule has 0 radical (unpaired) electrons. The number of pyridine rings is 1. The van der Waals surface area contributed by atoms with Crippen LogP contribution < -0.4 is 10.6 Å². The van der Waals surface area contributed by atoms with E-state index >= 15 is 0 Å². The molecule has 0 saturated carbocycles. The lowest BCUT2D eigenvalue weighted by molar-refractivity contribution is 0.0129. The highest BCUT2D eigenvalue weighted by Crippen LogP contribution is 2.27. The largest absolute Gasteiger partial charge is 0.352 e. The second kappa shape index (κ2) is 8.50. The van der Waals surface area contributed by atoms with Crippen LogP contribution in [-0.2, 0) is 15.8 Å². The molecule has 0 bridgehead atoms. The summed E-state index contributed by atoms with van der Waals surface area (Å²) in [5.74, 6) is -2.70. The zero-order valence-electron chi connectivity index (χ0n) is 17.4. The van der Waals surface area contributed by atoms with Crippen LogP contribution in [-0.4, -0.2) is 40.7 Å². The van der Waals surface area contributed by atoms with Crippen LogP contribution in [0.4, 0.5) is 26.4 Å². The Morgan fingerprint density at radius 2 is 1.65 bits per heavy atom. The molecule has 2 aromatic heterocycles. The molecule has 0 unspecified atom stereocenters. The van der Waals surface area contributed by atoms with Crippen LogP contribution in [0.2, 0.25) is 0 Å². The maximum Gasteiger partial charge on any atom is 0.286 e. The Morgan fingerprint density at radius 1 is 0.968 bits per heavy atom. The molecule has 0 aliphatic heterocycles. The molecule has 0 aliphatic carbocycles. The highest BCUT2D eigenvalue weighted by molar-refractivity contribution is 7.90. The summed E-state index contributed by atoms with van der Waals surface area (Å²) >= 11 is 0. The van der Waals surface area contributed by atoms with Crippen LogP contribution in [0.15, 0.2) is 47.4 Å². The Kier molecular flexibility index (Phi) is 6.16. The number of rotatable bonds is 7. The fourth-order valence-electron chi connectivity index (χ4n) is 2.61. The number of aromatic nitrogens is 4. The quantitative estimate of drug-likeness (QED) is 0.558. The summed E-state index contributed by atoms with van der Waals surface area (Å²) in [6.45, 7) is 4.55. The molecule has 0 spiro atoms. The molecular weight excluding hydrogens is 426 g/mol. The van der Waals surface area contributed by atoms with Crippen molar-refractivity contribution in [1.29, 1.82) is 0 Å². The van der Waals surface area contributed by atoms with Gasteiger partial charge in [-0.05, 0) is 44.2 Å². The van der Waals surface area contributed by atoms with Crippen molar-refractivity contribution >= 4 is 27.4 Å². The van der Waals surface area contributed by atoms with E-state index in [4.69, 9.17) is 0 Å².